The fraction of sp³-hybridized carbons (Fsp3) is 0.111. The van der Waals surface area contributed by atoms with E-state index in [9.17, 15) is 0 Å². The Morgan fingerprint density at radius 3 is 2.60 bits per heavy atom. The number of aromatic nitrogens is 3. The van der Waals surface area contributed by atoms with Crippen molar-refractivity contribution in [1.82, 2.24) is 15.2 Å². The molecule has 6 heteroatoms. The van der Waals surface area contributed by atoms with Crippen LogP contribution >= 0.6 is 0 Å². The van der Waals surface area contributed by atoms with Crippen molar-refractivity contribution in [1.29, 1.82) is 0 Å². The van der Waals surface area contributed by atoms with E-state index in [2.05, 4.69) is 20.5 Å². The highest BCUT2D eigenvalue weighted by Gasteiger charge is 2.00. The van der Waals surface area contributed by atoms with Crippen LogP contribution in [0.4, 0.5) is 17.6 Å². The number of nitrogen functional groups attached to an aromatic ring is 1. The summed E-state index contributed by atoms with van der Waals surface area (Å²) in [6.45, 7) is 0. The highest BCUT2D eigenvalue weighted by Crippen LogP contribution is 2.17. The lowest BCUT2D eigenvalue weighted by molar-refractivity contribution is 0.415. The normalized spacial score (nSPS) is 9.93. The molecule has 0 radical (unpaired) electrons. The molecule has 0 spiro atoms. The van der Waals surface area contributed by atoms with Crippen molar-refractivity contribution in [3.8, 4) is 5.75 Å². The van der Waals surface area contributed by atoms with Gasteiger partial charge in [0.15, 0.2) is 0 Å². The summed E-state index contributed by atoms with van der Waals surface area (Å²) >= 11 is 0. The van der Waals surface area contributed by atoms with Gasteiger partial charge in [-0.3, -0.25) is 0 Å². The van der Waals surface area contributed by atoms with Crippen LogP contribution in [0.15, 0.2) is 24.3 Å². The number of nitrogens with zero attached hydrogens (tertiary/aromatic N) is 2. The van der Waals surface area contributed by atoms with Gasteiger partial charge in [0.2, 0.25) is 11.9 Å². The molecule has 0 aliphatic heterocycles. The van der Waals surface area contributed by atoms with Crippen LogP contribution in [-0.4, -0.2) is 22.3 Å². The van der Waals surface area contributed by atoms with Crippen molar-refractivity contribution in [2.24, 2.45) is 0 Å². The average molecular weight is 205 g/mol. The molecule has 6 nitrogen and oxygen atoms in total. The van der Waals surface area contributed by atoms with E-state index in [1.807, 2.05) is 24.3 Å². The standard InChI is InChI=1S/C9H11N5O/c1-15-7-4-2-6(3-5-7)11-9-12-8(10)13-14-9/h2-5H,1H3,(H4,10,11,12,13,14). The van der Waals surface area contributed by atoms with Gasteiger partial charge in [0.25, 0.3) is 0 Å². The Kier molecular flexibility index (Phi) is 2.40. The van der Waals surface area contributed by atoms with Gasteiger partial charge in [-0.25, -0.2) is 5.10 Å². The number of hydrogen-bond acceptors (Lipinski definition) is 5. The molecule has 78 valence electrons. The first kappa shape index (κ1) is 9.32. The van der Waals surface area contributed by atoms with Crippen LogP contribution in [0, 0.1) is 0 Å². The minimum atomic E-state index is 0.283. The summed E-state index contributed by atoms with van der Waals surface area (Å²) in [6.07, 6.45) is 0. The largest absolute Gasteiger partial charge is 0.497 e. The van der Waals surface area contributed by atoms with Crippen molar-refractivity contribution in [2.45, 2.75) is 0 Å². The second-order valence-electron chi connectivity index (χ2n) is 2.90. The van der Waals surface area contributed by atoms with Gasteiger partial charge in [0.05, 0.1) is 7.11 Å². The number of H-pyrrole nitrogens is 1. The fourth-order valence-electron chi connectivity index (χ4n) is 1.13. The average Bonchev–Trinajstić information content (AvgIpc) is 2.65. The molecule has 4 N–H and O–H groups in total. The molecule has 0 atom stereocenters. The maximum absolute atomic E-state index is 5.39. The topological polar surface area (TPSA) is 88.8 Å². The van der Waals surface area contributed by atoms with Gasteiger partial charge in [-0.1, -0.05) is 0 Å². The van der Waals surface area contributed by atoms with Crippen LogP contribution in [-0.2, 0) is 0 Å². The zero-order valence-electron chi connectivity index (χ0n) is 8.19. The van der Waals surface area contributed by atoms with Gasteiger partial charge >= 0.3 is 0 Å². The van der Waals surface area contributed by atoms with Gasteiger partial charge in [-0.15, -0.1) is 5.10 Å². The summed E-state index contributed by atoms with van der Waals surface area (Å²) in [5, 5.41) is 9.38. The zero-order valence-corrected chi connectivity index (χ0v) is 8.19. The molecule has 0 amide bonds. The molecule has 0 saturated carbocycles. The summed E-state index contributed by atoms with van der Waals surface area (Å²) in [4.78, 5) is 3.92. The molecule has 0 aliphatic carbocycles. The summed E-state index contributed by atoms with van der Waals surface area (Å²) in [6, 6.07) is 7.42. The molecule has 2 aromatic rings. The van der Waals surface area contributed by atoms with E-state index in [0.29, 0.717) is 5.95 Å². The number of methoxy groups -OCH3 is 1. The quantitative estimate of drug-likeness (QED) is 0.699. The molecule has 0 aliphatic rings. The van der Waals surface area contributed by atoms with Gasteiger partial charge in [-0.2, -0.15) is 4.98 Å². The predicted octanol–water partition coefficient (Wildman–Crippen LogP) is 1.14. The van der Waals surface area contributed by atoms with Crippen LogP contribution in [0.3, 0.4) is 0 Å². The highest BCUT2D eigenvalue weighted by atomic mass is 16.5. The van der Waals surface area contributed by atoms with Crippen LogP contribution in [0.5, 0.6) is 5.75 Å². The second kappa shape index (κ2) is 3.87. The molecule has 0 unspecified atom stereocenters. The number of nitrogens with two attached hydrogens (primary N) is 1. The summed E-state index contributed by atoms with van der Waals surface area (Å²) < 4.78 is 5.04. The highest BCUT2D eigenvalue weighted by molar-refractivity contribution is 5.54. The van der Waals surface area contributed by atoms with E-state index in [0.717, 1.165) is 11.4 Å². The fourth-order valence-corrected chi connectivity index (χ4v) is 1.13. The lowest BCUT2D eigenvalue weighted by Crippen LogP contribution is -1.93. The van der Waals surface area contributed by atoms with Crippen LogP contribution < -0.4 is 15.8 Å². The Hall–Kier alpha value is -2.24. The molecule has 0 fully saturated rings. The molecule has 1 aromatic carbocycles. The van der Waals surface area contributed by atoms with E-state index in [-0.39, 0.29) is 5.95 Å². The SMILES string of the molecule is COc1ccc(Nc2n[nH]c(N)n2)cc1. The third-order valence-electron chi connectivity index (χ3n) is 1.85. The first-order chi connectivity index (χ1) is 7.28. The number of rotatable bonds is 3. The maximum Gasteiger partial charge on any atom is 0.248 e. The minimum Gasteiger partial charge on any atom is -0.497 e. The van der Waals surface area contributed by atoms with Crippen molar-refractivity contribution in [2.75, 3.05) is 18.2 Å². The molecular formula is C9H11N5O. The second-order valence-corrected chi connectivity index (χ2v) is 2.90. The van der Waals surface area contributed by atoms with Crippen molar-refractivity contribution < 1.29 is 4.74 Å². The molecule has 15 heavy (non-hydrogen) atoms. The van der Waals surface area contributed by atoms with E-state index in [1.165, 1.54) is 0 Å². The lowest BCUT2D eigenvalue weighted by Gasteiger charge is -2.02. The Bertz CT molecular complexity index is 436. The third-order valence-corrected chi connectivity index (χ3v) is 1.85. The van der Waals surface area contributed by atoms with Crippen LogP contribution in [0.2, 0.25) is 0 Å². The molecular weight excluding hydrogens is 194 g/mol. The third kappa shape index (κ3) is 2.16. The monoisotopic (exact) mass is 205 g/mol. The number of aromatic amines is 1. The van der Waals surface area contributed by atoms with E-state index in [1.54, 1.807) is 7.11 Å². The van der Waals surface area contributed by atoms with Crippen molar-refractivity contribution in [3.63, 3.8) is 0 Å². The minimum absolute atomic E-state index is 0.283. The smallest absolute Gasteiger partial charge is 0.248 e. The number of benzene rings is 1. The Morgan fingerprint density at radius 2 is 2.07 bits per heavy atom. The van der Waals surface area contributed by atoms with E-state index < -0.39 is 0 Å². The number of anilines is 3. The molecule has 0 saturated heterocycles. The summed E-state index contributed by atoms with van der Waals surface area (Å²) in [5.41, 5.74) is 6.26. The number of ether oxygens (including phenoxy) is 1. The van der Waals surface area contributed by atoms with Gasteiger partial charge in [0, 0.05) is 5.69 Å². The van der Waals surface area contributed by atoms with Gasteiger partial charge < -0.3 is 15.8 Å². The van der Waals surface area contributed by atoms with E-state index in [4.69, 9.17) is 10.5 Å². The van der Waals surface area contributed by atoms with Crippen LogP contribution in [0.1, 0.15) is 0 Å². The zero-order chi connectivity index (χ0) is 10.7. The van der Waals surface area contributed by atoms with Crippen molar-refractivity contribution in [3.05, 3.63) is 24.3 Å². The van der Waals surface area contributed by atoms with E-state index >= 15 is 0 Å². The van der Waals surface area contributed by atoms with Gasteiger partial charge in [0.1, 0.15) is 5.75 Å². The first-order valence-corrected chi connectivity index (χ1v) is 4.37. The Morgan fingerprint density at radius 1 is 1.33 bits per heavy atom. The van der Waals surface area contributed by atoms with Crippen molar-refractivity contribution >= 4 is 17.6 Å². The van der Waals surface area contributed by atoms with Crippen LogP contribution in [0.25, 0.3) is 0 Å². The Balaban J connectivity index is 2.11. The number of hydrogen-bond donors (Lipinski definition) is 3. The Labute approximate surface area is 86.5 Å². The summed E-state index contributed by atoms with van der Waals surface area (Å²) in [7, 11) is 1.62. The molecule has 1 aromatic heterocycles. The number of nitrogens with one attached hydrogen (secondary N) is 2. The van der Waals surface area contributed by atoms with Gasteiger partial charge in [-0.05, 0) is 24.3 Å². The molecule has 0 bridgehead atoms. The first-order valence-electron chi connectivity index (χ1n) is 4.37. The molecule has 2 rings (SSSR count). The predicted molar refractivity (Wildman–Crippen MR) is 57.1 cm³/mol. The summed E-state index contributed by atoms with van der Waals surface area (Å²) in [5.74, 6) is 1.53. The maximum atomic E-state index is 5.39. The molecule has 1 heterocycles. The lowest BCUT2D eigenvalue weighted by atomic mass is 10.3.